The lowest BCUT2D eigenvalue weighted by molar-refractivity contribution is 0.0928. The van der Waals surface area contributed by atoms with E-state index in [9.17, 15) is 4.79 Å². The lowest BCUT2D eigenvalue weighted by Crippen LogP contribution is -2.37. The molecule has 1 aromatic rings. The number of anilines is 2. The molecule has 0 aromatic heterocycles. The van der Waals surface area contributed by atoms with Crippen LogP contribution in [0.4, 0.5) is 16.2 Å². The van der Waals surface area contributed by atoms with Gasteiger partial charge in [-0.25, -0.2) is 4.79 Å². The SMILES string of the molecule is Nc1ccc(NC(=O)NC2CCCO2)cc1Cl. The van der Waals surface area contributed by atoms with Gasteiger partial charge in [0, 0.05) is 12.3 Å². The van der Waals surface area contributed by atoms with Crippen molar-refractivity contribution in [3.8, 4) is 0 Å². The number of nitrogens with two attached hydrogens (primary N) is 1. The van der Waals surface area contributed by atoms with Crippen molar-refractivity contribution >= 4 is 29.0 Å². The van der Waals surface area contributed by atoms with Gasteiger partial charge in [0.15, 0.2) is 0 Å². The zero-order valence-electron chi connectivity index (χ0n) is 9.20. The molecule has 0 spiro atoms. The predicted molar refractivity (Wildman–Crippen MR) is 67.0 cm³/mol. The molecule has 5 nitrogen and oxygen atoms in total. The minimum atomic E-state index is -0.308. The zero-order chi connectivity index (χ0) is 12.3. The molecule has 1 aromatic carbocycles. The molecule has 92 valence electrons. The van der Waals surface area contributed by atoms with Gasteiger partial charge in [-0.2, -0.15) is 0 Å². The summed E-state index contributed by atoms with van der Waals surface area (Å²) >= 11 is 5.85. The summed E-state index contributed by atoms with van der Waals surface area (Å²) < 4.78 is 5.29. The second-order valence-electron chi connectivity index (χ2n) is 3.84. The Balaban J connectivity index is 1.90. The van der Waals surface area contributed by atoms with Crippen molar-refractivity contribution in [3.63, 3.8) is 0 Å². The van der Waals surface area contributed by atoms with E-state index in [1.54, 1.807) is 18.2 Å². The molecule has 0 aliphatic carbocycles. The van der Waals surface area contributed by atoms with Crippen molar-refractivity contribution in [2.24, 2.45) is 0 Å². The maximum atomic E-state index is 11.6. The Labute approximate surface area is 104 Å². The van der Waals surface area contributed by atoms with Gasteiger partial charge in [0.25, 0.3) is 0 Å². The largest absolute Gasteiger partial charge is 0.398 e. The maximum Gasteiger partial charge on any atom is 0.321 e. The van der Waals surface area contributed by atoms with Crippen LogP contribution in [-0.2, 0) is 4.74 Å². The van der Waals surface area contributed by atoms with Crippen molar-refractivity contribution in [1.29, 1.82) is 0 Å². The highest BCUT2D eigenvalue weighted by Crippen LogP contribution is 2.22. The third kappa shape index (κ3) is 3.25. The average molecular weight is 256 g/mol. The maximum absolute atomic E-state index is 11.6. The van der Waals surface area contributed by atoms with Crippen LogP contribution in [0.15, 0.2) is 18.2 Å². The fourth-order valence-electron chi connectivity index (χ4n) is 1.61. The van der Waals surface area contributed by atoms with Gasteiger partial charge < -0.3 is 21.1 Å². The molecular formula is C11H14ClN3O2. The summed E-state index contributed by atoms with van der Waals surface area (Å²) in [5, 5.41) is 5.80. The van der Waals surface area contributed by atoms with Crippen molar-refractivity contribution in [1.82, 2.24) is 5.32 Å². The van der Waals surface area contributed by atoms with Crippen LogP contribution in [0.5, 0.6) is 0 Å². The van der Waals surface area contributed by atoms with E-state index >= 15 is 0 Å². The topological polar surface area (TPSA) is 76.4 Å². The molecule has 1 saturated heterocycles. The fourth-order valence-corrected chi connectivity index (χ4v) is 1.79. The number of carbonyl (C=O) groups excluding carboxylic acids is 1. The number of ether oxygens (including phenoxy) is 1. The normalized spacial score (nSPS) is 19.0. The Bertz CT molecular complexity index is 419. The van der Waals surface area contributed by atoms with Gasteiger partial charge in [0.05, 0.1) is 10.7 Å². The first kappa shape index (κ1) is 12.0. The van der Waals surface area contributed by atoms with Gasteiger partial charge in [0.1, 0.15) is 6.23 Å². The summed E-state index contributed by atoms with van der Waals surface area (Å²) in [7, 11) is 0. The van der Waals surface area contributed by atoms with Crippen LogP contribution in [0.1, 0.15) is 12.8 Å². The molecule has 1 aliphatic rings. The van der Waals surface area contributed by atoms with E-state index in [1.165, 1.54) is 0 Å². The number of urea groups is 1. The monoisotopic (exact) mass is 255 g/mol. The number of rotatable bonds is 2. The molecule has 1 heterocycles. The van der Waals surface area contributed by atoms with Gasteiger partial charge in [-0.3, -0.25) is 0 Å². The van der Waals surface area contributed by atoms with E-state index < -0.39 is 0 Å². The van der Waals surface area contributed by atoms with Crippen LogP contribution in [-0.4, -0.2) is 18.9 Å². The first-order chi connectivity index (χ1) is 8.15. The number of hydrogen-bond acceptors (Lipinski definition) is 3. The van der Waals surface area contributed by atoms with Crippen molar-refractivity contribution in [2.45, 2.75) is 19.1 Å². The molecule has 2 rings (SSSR count). The molecule has 0 saturated carbocycles. The van der Waals surface area contributed by atoms with Crippen molar-refractivity contribution < 1.29 is 9.53 Å². The number of nitrogen functional groups attached to an aromatic ring is 1. The fraction of sp³-hybridized carbons (Fsp3) is 0.364. The van der Waals surface area contributed by atoms with Gasteiger partial charge in [-0.1, -0.05) is 11.6 Å². The summed E-state index contributed by atoms with van der Waals surface area (Å²) in [6.45, 7) is 0.693. The van der Waals surface area contributed by atoms with Crippen LogP contribution in [0, 0.1) is 0 Å². The molecule has 1 fully saturated rings. The molecule has 0 bridgehead atoms. The van der Waals surface area contributed by atoms with Crippen LogP contribution in [0.2, 0.25) is 5.02 Å². The number of nitrogens with one attached hydrogen (secondary N) is 2. The second kappa shape index (κ2) is 5.25. The smallest absolute Gasteiger partial charge is 0.321 e. The van der Waals surface area contributed by atoms with Crippen LogP contribution < -0.4 is 16.4 Å². The lowest BCUT2D eigenvalue weighted by atomic mass is 10.3. The van der Waals surface area contributed by atoms with Crippen molar-refractivity contribution in [3.05, 3.63) is 23.2 Å². The minimum Gasteiger partial charge on any atom is -0.398 e. The predicted octanol–water partition coefficient (Wildman–Crippen LogP) is 2.18. The number of carbonyl (C=O) groups is 1. The molecule has 0 radical (unpaired) electrons. The zero-order valence-corrected chi connectivity index (χ0v) is 9.96. The Kier molecular flexibility index (Phi) is 3.71. The van der Waals surface area contributed by atoms with E-state index in [2.05, 4.69) is 10.6 Å². The van der Waals surface area contributed by atoms with E-state index in [0.29, 0.717) is 23.0 Å². The Hall–Kier alpha value is -1.46. The van der Waals surface area contributed by atoms with E-state index in [4.69, 9.17) is 22.1 Å². The van der Waals surface area contributed by atoms with Gasteiger partial charge in [-0.05, 0) is 31.0 Å². The molecule has 1 unspecified atom stereocenters. The minimum absolute atomic E-state index is 0.195. The highest BCUT2D eigenvalue weighted by Gasteiger charge is 2.17. The molecule has 17 heavy (non-hydrogen) atoms. The summed E-state index contributed by atoms with van der Waals surface area (Å²) in [6.07, 6.45) is 1.62. The summed E-state index contributed by atoms with van der Waals surface area (Å²) in [5.41, 5.74) is 6.65. The standard InChI is InChI=1S/C11H14ClN3O2/c12-8-6-7(3-4-9(8)13)14-11(16)15-10-2-1-5-17-10/h3-4,6,10H,1-2,5,13H2,(H2,14,15,16). The summed E-state index contributed by atoms with van der Waals surface area (Å²) in [4.78, 5) is 11.6. The molecule has 2 amide bonds. The van der Waals surface area contributed by atoms with Crippen LogP contribution in [0.25, 0.3) is 0 Å². The van der Waals surface area contributed by atoms with E-state index in [0.717, 1.165) is 12.8 Å². The summed E-state index contributed by atoms with van der Waals surface area (Å²) in [6, 6.07) is 4.63. The quantitative estimate of drug-likeness (QED) is 0.709. The third-order valence-electron chi connectivity index (χ3n) is 2.48. The molecule has 1 aliphatic heterocycles. The molecule has 4 N–H and O–H groups in total. The lowest BCUT2D eigenvalue weighted by Gasteiger charge is -2.13. The first-order valence-corrected chi connectivity index (χ1v) is 5.77. The van der Waals surface area contributed by atoms with Crippen LogP contribution >= 0.6 is 11.6 Å². The number of hydrogen-bond donors (Lipinski definition) is 3. The molecule has 6 heteroatoms. The highest BCUT2D eigenvalue weighted by molar-refractivity contribution is 6.33. The molecular weight excluding hydrogens is 242 g/mol. The first-order valence-electron chi connectivity index (χ1n) is 5.39. The Morgan fingerprint density at radius 3 is 3.00 bits per heavy atom. The van der Waals surface area contributed by atoms with Gasteiger partial charge in [0.2, 0.25) is 0 Å². The molecule has 1 atom stereocenters. The number of halogens is 1. The number of amides is 2. The highest BCUT2D eigenvalue weighted by atomic mass is 35.5. The Morgan fingerprint density at radius 2 is 2.35 bits per heavy atom. The third-order valence-corrected chi connectivity index (χ3v) is 2.81. The van der Waals surface area contributed by atoms with Gasteiger partial charge in [-0.15, -0.1) is 0 Å². The Morgan fingerprint density at radius 1 is 1.53 bits per heavy atom. The van der Waals surface area contributed by atoms with Crippen molar-refractivity contribution in [2.75, 3.05) is 17.7 Å². The second-order valence-corrected chi connectivity index (χ2v) is 4.24. The van der Waals surface area contributed by atoms with E-state index in [1.807, 2.05) is 0 Å². The number of benzene rings is 1. The van der Waals surface area contributed by atoms with Crippen LogP contribution in [0.3, 0.4) is 0 Å². The van der Waals surface area contributed by atoms with Gasteiger partial charge >= 0.3 is 6.03 Å². The average Bonchev–Trinajstić information content (AvgIpc) is 2.76. The summed E-state index contributed by atoms with van der Waals surface area (Å²) in [5.74, 6) is 0. The van der Waals surface area contributed by atoms with E-state index in [-0.39, 0.29) is 12.3 Å².